The summed E-state index contributed by atoms with van der Waals surface area (Å²) in [6, 6.07) is 8.61. The Hall–Kier alpha value is -1.35. The van der Waals surface area contributed by atoms with Crippen LogP contribution in [0.4, 0.5) is 11.4 Å². The summed E-state index contributed by atoms with van der Waals surface area (Å²) < 4.78 is 0.987. The number of aromatic nitrogens is 1. The number of hydrogen-bond acceptors (Lipinski definition) is 2. The normalized spacial score (nSPS) is 13.5. The van der Waals surface area contributed by atoms with Crippen molar-refractivity contribution in [3.05, 3.63) is 52.3 Å². The predicted molar refractivity (Wildman–Crippen MR) is 73.7 cm³/mol. The SMILES string of the molecule is Brc1cnccc1Nc1ccc2c(c1)CCC2. The molecule has 0 radical (unpaired) electrons. The summed E-state index contributed by atoms with van der Waals surface area (Å²) in [7, 11) is 0. The Morgan fingerprint density at radius 1 is 1.12 bits per heavy atom. The topological polar surface area (TPSA) is 24.9 Å². The molecule has 0 saturated heterocycles. The summed E-state index contributed by atoms with van der Waals surface area (Å²) in [6.07, 6.45) is 7.32. The van der Waals surface area contributed by atoms with Crippen LogP contribution in [0.1, 0.15) is 17.5 Å². The van der Waals surface area contributed by atoms with Gasteiger partial charge in [-0.25, -0.2) is 0 Å². The predicted octanol–water partition coefficient (Wildman–Crippen LogP) is 4.08. The second-order valence-corrected chi connectivity index (χ2v) is 5.17. The van der Waals surface area contributed by atoms with Gasteiger partial charge in [0.05, 0.1) is 10.2 Å². The summed E-state index contributed by atoms with van der Waals surface area (Å²) in [5, 5.41) is 3.42. The fourth-order valence-electron chi connectivity index (χ4n) is 2.28. The summed E-state index contributed by atoms with van der Waals surface area (Å²) in [4.78, 5) is 4.06. The summed E-state index contributed by atoms with van der Waals surface area (Å²) in [5.74, 6) is 0. The lowest BCUT2D eigenvalue weighted by atomic mass is 10.1. The third-order valence-electron chi connectivity index (χ3n) is 3.15. The molecular formula is C14H13BrN2. The van der Waals surface area contributed by atoms with Crippen molar-refractivity contribution < 1.29 is 0 Å². The van der Waals surface area contributed by atoms with Crippen LogP contribution in [-0.4, -0.2) is 4.98 Å². The molecule has 0 bridgehead atoms. The van der Waals surface area contributed by atoms with Crippen LogP contribution in [0.2, 0.25) is 0 Å². The van der Waals surface area contributed by atoms with Gasteiger partial charge in [0.25, 0.3) is 0 Å². The molecule has 0 atom stereocenters. The van der Waals surface area contributed by atoms with E-state index in [9.17, 15) is 0 Å². The highest BCUT2D eigenvalue weighted by molar-refractivity contribution is 9.10. The molecule has 2 nitrogen and oxygen atoms in total. The van der Waals surface area contributed by atoms with Crippen LogP contribution < -0.4 is 5.32 Å². The third kappa shape index (κ3) is 2.20. The van der Waals surface area contributed by atoms with E-state index in [0.29, 0.717) is 0 Å². The van der Waals surface area contributed by atoms with E-state index in [4.69, 9.17) is 0 Å². The van der Waals surface area contributed by atoms with Gasteiger partial charge >= 0.3 is 0 Å². The highest BCUT2D eigenvalue weighted by atomic mass is 79.9. The lowest BCUT2D eigenvalue weighted by Crippen LogP contribution is -1.93. The number of anilines is 2. The minimum atomic E-state index is 0.987. The molecule has 0 fully saturated rings. The molecule has 1 N–H and O–H groups in total. The van der Waals surface area contributed by atoms with Gasteiger partial charge < -0.3 is 5.32 Å². The smallest absolute Gasteiger partial charge is 0.0593 e. The van der Waals surface area contributed by atoms with E-state index in [1.807, 2.05) is 6.07 Å². The number of aryl methyl sites for hydroxylation is 2. The van der Waals surface area contributed by atoms with Gasteiger partial charge in [0.15, 0.2) is 0 Å². The zero-order valence-electron chi connectivity index (χ0n) is 9.41. The number of hydrogen-bond donors (Lipinski definition) is 1. The minimum absolute atomic E-state index is 0.987. The first kappa shape index (κ1) is 10.8. The Morgan fingerprint density at radius 2 is 2.00 bits per heavy atom. The third-order valence-corrected chi connectivity index (χ3v) is 3.78. The number of fused-ring (bicyclic) bond motifs is 1. The Morgan fingerprint density at radius 3 is 2.88 bits per heavy atom. The van der Waals surface area contributed by atoms with E-state index in [1.165, 1.54) is 30.4 Å². The maximum Gasteiger partial charge on any atom is 0.0593 e. The van der Waals surface area contributed by atoms with Crippen molar-refractivity contribution in [1.82, 2.24) is 4.98 Å². The fourth-order valence-corrected chi connectivity index (χ4v) is 2.63. The number of rotatable bonds is 2. The number of halogens is 1. The number of pyridine rings is 1. The van der Waals surface area contributed by atoms with E-state index < -0.39 is 0 Å². The molecule has 17 heavy (non-hydrogen) atoms. The van der Waals surface area contributed by atoms with Gasteiger partial charge in [-0.1, -0.05) is 6.07 Å². The van der Waals surface area contributed by atoms with Gasteiger partial charge in [0.1, 0.15) is 0 Å². The van der Waals surface area contributed by atoms with Crippen molar-refractivity contribution in [2.45, 2.75) is 19.3 Å². The average molecular weight is 289 g/mol. The first-order chi connectivity index (χ1) is 8.33. The van der Waals surface area contributed by atoms with Crippen molar-refractivity contribution in [3.63, 3.8) is 0 Å². The maximum atomic E-state index is 4.06. The fraction of sp³-hybridized carbons (Fsp3) is 0.214. The standard InChI is InChI=1S/C14H13BrN2/c15-13-9-16-7-6-14(13)17-12-5-4-10-2-1-3-11(10)8-12/h4-9H,1-3H2,(H,16,17). The Balaban J connectivity index is 1.89. The molecule has 1 aliphatic carbocycles. The van der Waals surface area contributed by atoms with Crippen LogP contribution in [0, 0.1) is 0 Å². The Labute approximate surface area is 109 Å². The summed E-state index contributed by atoms with van der Waals surface area (Å²) >= 11 is 3.49. The molecule has 1 heterocycles. The van der Waals surface area contributed by atoms with Crippen LogP contribution in [-0.2, 0) is 12.8 Å². The maximum absolute atomic E-state index is 4.06. The van der Waals surface area contributed by atoms with E-state index >= 15 is 0 Å². The molecular weight excluding hydrogens is 276 g/mol. The number of benzene rings is 1. The van der Waals surface area contributed by atoms with Crippen LogP contribution in [0.5, 0.6) is 0 Å². The molecule has 3 rings (SSSR count). The zero-order chi connectivity index (χ0) is 11.7. The molecule has 0 spiro atoms. The minimum Gasteiger partial charge on any atom is -0.355 e. The van der Waals surface area contributed by atoms with Crippen LogP contribution in [0.25, 0.3) is 0 Å². The zero-order valence-corrected chi connectivity index (χ0v) is 11.0. The summed E-state index contributed by atoms with van der Waals surface area (Å²) in [6.45, 7) is 0. The van der Waals surface area contributed by atoms with Crippen molar-refractivity contribution in [3.8, 4) is 0 Å². The molecule has 0 unspecified atom stereocenters. The molecule has 1 aromatic heterocycles. The molecule has 1 aliphatic rings. The molecule has 86 valence electrons. The Kier molecular flexibility index (Phi) is 2.85. The molecule has 0 saturated carbocycles. The lowest BCUT2D eigenvalue weighted by Gasteiger charge is -2.09. The van der Waals surface area contributed by atoms with Crippen molar-refractivity contribution in [1.29, 1.82) is 0 Å². The molecule has 2 aromatic rings. The van der Waals surface area contributed by atoms with Crippen LogP contribution >= 0.6 is 15.9 Å². The van der Waals surface area contributed by atoms with Gasteiger partial charge in [-0.3, -0.25) is 4.98 Å². The first-order valence-electron chi connectivity index (χ1n) is 5.81. The van der Waals surface area contributed by atoms with E-state index in [2.05, 4.69) is 44.4 Å². The molecule has 3 heteroatoms. The average Bonchev–Trinajstić information content (AvgIpc) is 2.79. The number of nitrogens with one attached hydrogen (secondary N) is 1. The van der Waals surface area contributed by atoms with Crippen molar-refractivity contribution >= 4 is 27.3 Å². The van der Waals surface area contributed by atoms with Gasteiger partial charge in [0.2, 0.25) is 0 Å². The molecule has 1 aromatic carbocycles. The van der Waals surface area contributed by atoms with Crippen molar-refractivity contribution in [2.24, 2.45) is 0 Å². The second-order valence-electron chi connectivity index (χ2n) is 4.32. The largest absolute Gasteiger partial charge is 0.355 e. The number of nitrogens with zero attached hydrogens (tertiary/aromatic N) is 1. The molecule has 0 amide bonds. The quantitative estimate of drug-likeness (QED) is 0.901. The second kappa shape index (κ2) is 4.49. The lowest BCUT2D eigenvalue weighted by molar-refractivity contribution is 0.912. The van der Waals surface area contributed by atoms with Gasteiger partial charge in [-0.2, -0.15) is 0 Å². The highest BCUT2D eigenvalue weighted by Gasteiger charge is 2.10. The van der Waals surface area contributed by atoms with Gasteiger partial charge in [-0.05, 0) is 64.5 Å². The van der Waals surface area contributed by atoms with Crippen LogP contribution in [0.15, 0.2) is 41.1 Å². The summed E-state index contributed by atoms with van der Waals surface area (Å²) in [5.41, 5.74) is 5.19. The highest BCUT2D eigenvalue weighted by Crippen LogP contribution is 2.28. The van der Waals surface area contributed by atoms with E-state index in [0.717, 1.165) is 15.8 Å². The van der Waals surface area contributed by atoms with Gasteiger partial charge in [0, 0.05) is 18.1 Å². The molecule has 0 aliphatic heterocycles. The van der Waals surface area contributed by atoms with E-state index in [-0.39, 0.29) is 0 Å². The monoisotopic (exact) mass is 288 g/mol. The van der Waals surface area contributed by atoms with E-state index in [1.54, 1.807) is 12.4 Å². The van der Waals surface area contributed by atoms with Crippen molar-refractivity contribution in [2.75, 3.05) is 5.32 Å². The van der Waals surface area contributed by atoms with Gasteiger partial charge in [-0.15, -0.1) is 0 Å². The Bertz CT molecular complexity index is 552. The first-order valence-corrected chi connectivity index (χ1v) is 6.60. The van der Waals surface area contributed by atoms with Crippen LogP contribution in [0.3, 0.4) is 0 Å².